The van der Waals surface area contributed by atoms with Crippen molar-refractivity contribution in [3.8, 4) is 5.75 Å². The maximum absolute atomic E-state index is 12.5. The minimum atomic E-state index is -3.02. The first-order valence-electron chi connectivity index (χ1n) is 7.21. The molecule has 122 valence electrons. The topological polar surface area (TPSA) is 78.5 Å². The average Bonchev–Trinajstić information content (AvgIpc) is 3.09. The first kappa shape index (κ1) is 15.5. The second kappa shape index (κ2) is 5.98. The number of aliphatic carboxylic acids is 1. The van der Waals surface area contributed by atoms with E-state index >= 15 is 0 Å². The number of allylic oxidation sites excluding steroid dienone is 2. The summed E-state index contributed by atoms with van der Waals surface area (Å²) in [6.07, 6.45) is 4.21. The van der Waals surface area contributed by atoms with Crippen LogP contribution in [-0.2, 0) is 9.59 Å². The summed E-state index contributed by atoms with van der Waals surface area (Å²) in [5, 5.41) is 13.8. The molecule has 0 aromatic heterocycles. The van der Waals surface area contributed by atoms with E-state index < -0.39 is 30.3 Å². The van der Waals surface area contributed by atoms with Gasteiger partial charge in [0.05, 0.1) is 11.6 Å². The smallest absolute Gasteiger partial charge is 0.387 e. The lowest BCUT2D eigenvalue weighted by molar-refractivity contribution is -0.313. The Morgan fingerprint density at radius 2 is 1.83 bits per heavy atom. The maximum Gasteiger partial charge on any atom is 0.387 e. The Balaban J connectivity index is 1.80. The number of para-hydroxylation sites is 2. The van der Waals surface area contributed by atoms with Gasteiger partial charge in [-0.3, -0.25) is 4.79 Å². The average molecular weight is 322 g/mol. The summed E-state index contributed by atoms with van der Waals surface area (Å²) in [6, 6.07) is 5.79. The molecule has 1 aromatic carbocycles. The highest BCUT2D eigenvalue weighted by Crippen LogP contribution is 2.48. The second-order valence-corrected chi connectivity index (χ2v) is 5.68. The van der Waals surface area contributed by atoms with E-state index in [4.69, 9.17) is 0 Å². The van der Waals surface area contributed by atoms with Gasteiger partial charge in [0, 0.05) is 11.9 Å². The Morgan fingerprint density at radius 1 is 1.17 bits per heavy atom. The Bertz CT molecular complexity index is 661. The largest absolute Gasteiger partial charge is 0.550 e. The van der Waals surface area contributed by atoms with Crippen molar-refractivity contribution < 1.29 is 28.2 Å². The van der Waals surface area contributed by atoms with Crippen LogP contribution in [0.2, 0.25) is 0 Å². The van der Waals surface area contributed by atoms with E-state index in [0.717, 1.165) is 0 Å². The number of alkyl halides is 2. The fraction of sp³-hybridized carbons (Fsp3) is 0.375. The molecule has 1 amide bonds. The first-order chi connectivity index (χ1) is 11.0. The summed E-state index contributed by atoms with van der Waals surface area (Å²) < 4.78 is 29.2. The molecule has 0 unspecified atom stereocenters. The number of carbonyl (C=O) groups is 2. The van der Waals surface area contributed by atoms with Crippen LogP contribution in [-0.4, -0.2) is 18.5 Å². The number of fused-ring (bicyclic) bond motifs is 2. The number of anilines is 1. The van der Waals surface area contributed by atoms with E-state index in [1.165, 1.54) is 18.2 Å². The predicted octanol–water partition coefficient (Wildman–Crippen LogP) is 1.41. The summed E-state index contributed by atoms with van der Waals surface area (Å²) in [5.74, 6) is -4.01. The van der Waals surface area contributed by atoms with Crippen LogP contribution in [0.15, 0.2) is 36.4 Å². The molecule has 0 spiro atoms. The zero-order valence-corrected chi connectivity index (χ0v) is 11.9. The third-order valence-electron chi connectivity index (χ3n) is 4.40. The Hall–Kier alpha value is -2.44. The predicted molar refractivity (Wildman–Crippen MR) is 74.4 cm³/mol. The molecule has 0 aliphatic heterocycles. The van der Waals surface area contributed by atoms with Gasteiger partial charge in [-0.1, -0.05) is 24.3 Å². The van der Waals surface area contributed by atoms with E-state index in [1.54, 1.807) is 12.1 Å². The van der Waals surface area contributed by atoms with Crippen molar-refractivity contribution in [1.82, 2.24) is 0 Å². The van der Waals surface area contributed by atoms with Crippen LogP contribution in [0.25, 0.3) is 0 Å². The number of rotatable bonds is 5. The van der Waals surface area contributed by atoms with Gasteiger partial charge >= 0.3 is 6.61 Å². The molecule has 7 heteroatoms. The monoisotopic (exact) mass is 322 g/mol. The molecule has 5 nitrogen and oxygen atoms in total. The van der Waals surface area contributed by atoms with Gasteiger partial charge in [-0.15, -0.1) is 0 Å². The molecule has 4 atom stereocenters. The van der Waals surface area contributed by atoms with Gasteiger partial charge in [0.25, 0.3) is 0 Å². The fourth-order valence-electron chi connectivity index (χ4n) is 3.49. The number of hydrogen-bond acceptors (Lipinski definition) is 4. The van der Waals surface area contributed by atoms with Gasteiger partial charge in [0.1, 0.15) is 5.75 Å². The molecule has 3 rings (SSSR count). The molecule has 1 N–H and O–H groups in total. The lowest BCUT2D eigenvalue weighted by Gasteiger charge is -2.28. The molecular formula is C16H14F2NO4-. The van der Waals surface area contributed by atoms with Crippen molar-refractivity contribution >= 4 is 17.6 Å². The quantitative estimate of drug-likeness (QED) is 0.832. The Labute approximate surface area is 130 Å². The Morgan fingerprint density at radius 3 is 2.48 bits per heavy atom. The standard InChI is InChI=1S/C16H15F2NO4/c17-16(18)23-11-4-2-1-3-10(11)19-14(20)12-8-5-6-9(7-8)13(12)15(21)22/h1-6,8-9,12-13,16H,7H2,(H,19,20)(H,21,22)/p-1/t8-,9-,12+,13-/m0/s1. The SMILES string of the molecule is O=C([O-])[C@@H]1[C@H](C(=O)Nc2ccccc2OC(F)F)[C@H]2C=C[C@H]1C2. The molecule has 0 heterocycles. The van der Waals surface area contributed by atoms with Gasteiger partial charge in [0.15, 0.2) is 0 Å². The summed E-state index contributed by atoms with van der Waals surface area (Å²) in [6.45, 7) is -3.02. The van der Waals surface area contributed by atoms with Gasteiger partial charge < -0.3 is 20.0 Å². The van der Waals surface area contributed by atoms with Crippen LogP contribution in [0.1, 0.15) is 6.42 Å². The summed E-state index contributed by atoms with van der Waals surface area (Å²) in [4.78, 5) is 23.8. The molecule has 0 saturated heterocycles. The normalized spacial score (nSPS) is 28.1. The number of hydrogen-bond donors (Lipinski definition) is 1. The van der Waals surface area contributed by atoms with Crippen molar-refractivity contribution in [2.75, 3.05) is 5.32 Å². The highest BCUT2D eigenvalue weighted by Gasteiger charge is 2.48. The second-order valence-electron chi connectivity index (χ2n) is 5.68. The molecule has 2 aliphatic carbocycles. The van der Waals surface area contributed by atoms with E-state index in [0.29, 0.717) is 6.42 Å². The number of amides is 1. The molecule has 2 bridgehead atoms. The summed E-state index contributed by atoms with van der Waals surface area (Å²) in [7, 11) is 0. The van der Waals surface area contributed by atoms with Gasteiger partial charge in [-0.25, -0.2) is 0 Å². The van der Waals surface area contributed by atoms with Gasteiger partial charge in [-0.05, 0) is 30.4 Å². The van der Waals surface area contributed by atoms with Crippen LogP contribution in [0, 0.1) is 23.7 Å². The van der Waals surface area contributed by atoms with E-state index in [2.05, 4.69) is 10.1 Å². The molecule has 0 radical (unpaired) electrons. The molecule has 2 aliphatic rings. The number of carboxylic acids is 1. The van der Waals surface area contributed by atoms with Crippen molar-refractivity contribution in [1.29, 1.82) is 0 Å². The van der Waals surface area contributed by atoms with Crippen molar-refractivity contribution in [3.63, 3.8) is 0 Å². The van der Waals surface area contributed by atoms with Crippen LogP contribution < -0.4 is 15.2 Å². The number of benzene rings is 1. The molecule has 1 saturated carbocycles. The zero-order valence-electron chi connectivity index (χ0n) is 11.9. The highest BCUT2D eigenvalue weighted by atomic mass is 19.3. The van der Waals surface area contributed by atoms with Crippen LogP contribution in [0.3, 0.4) is 0 Å². The number of ether oxygens (including phenoxy) is 1. The maximum atomic E-state index is 12.5. The van der Waals surface area contributed by atoms with Crippen LogP contribution in [0.4, 0.5) is 14.5 Å². The fourth-order valence-corrected chi connectivity index (χ4v) is 3.49. The van der Waals surface area contributed by atoms with E-state index in [-0.39, 0.29) is 23.3 Å². The van der Waals surface area contributed by atoms with E-state index in [9.17, 15) is 23.5 Å². The lowest BCUT2D eigenvalue weighted by atomic mass is 9.82. The number of halogens is 2. The van der Waals surface area contributed by atoms with Gasteiger partial charge in [0.2, 0.25) is 5.91 Å². The highest BCUT2D eigenvalue weighted by molar-refractivity contribution is 5.97. The summed E-state index contributed by atoms with van der Waals surface area (Å²) in [5.41, 5.74) is 0.0849. The minimum Gasteiger partial charge on any atom is -0.550 e. The zero-order chi connectivity index (χ0) is 16.6. The first-order valence-corrected chi connectivity index (χ1v) is 7.21. The summed E-state index contributed by atoms with van der Waals surface area (Å²) >= 11 is 0. The molecular weight excluding hydrogens is 308 g/mol. The van der Waals surface area contributed by atoms with Crippen molar-refractivity contribution in [2.24, 2.45) is 23.7 Å². The number of carboxylic acid groups (broad SMARTS) is 1. The Kier molecular flexibility index (Phi) is 4.02. The van der Waals surface area contributed by atoms with Crippen molar-refractivity contribution in [3.05, 3.63) is 36.4 Å². The minimum absolute atomic E-state index is 0.0849. The van der Waals surface area contributed by atoms with Crippen LogP contribution in [0.5, 0.6) is 5.75 Å². The van der Waals surface area contributed by atoms with Crippen molar-refractivity contribution in [2.45, 2.75) is 13.0 Å². The van der Waals surface area contributed by atoms with Crippen LogP contribution >= 0.6 is 0 Å². The van der Waals surface area contributed by atoms with E-state index in [1.807, 2.05) is 6.08 Å². The third-order valence-corrected chi connectivity index (χ3v) is 4.40. The number of carbonyl (C=O) groups excluding carboxylic acids is 2. The third kappa shape index (κ3) is 2.91. The number of nitrogens with one attached hydrogen (secondary N) is 1. The lowest BCUT2D eigenvalue weighted by Crippen LogP contribution is -2.42. The molecule has 23 heavy (non-hydrogen) atoms. The molecule has 1 fully saturated rings. The molecule has 1 aromatic rings. The van der Waals surface area contributed by atoms with Gasteiger partial charge in [-0.2, -0.15) is 8.78 Å².